The van der Waals surface area contributed by atoms with Gasteiger partial charge in [-0.05, 0) is 50.8 Å². The van der Waals surface area contributed by atoms with Crippen LogP contribution in [0.15, 0.2) is 47.5 Å². The molecule has 2 heterocycles. The lowest BCUT2D eigenvalue weighted by Crippen LogP contribution is -2.49. The Morgan fingerprint density at radius 3 is 2.46 bits per heavy atom. The highest BCUT2D eigenvalue weighted by molar-refractivity contribution is 14.0. The number of aromatic nitrogens is 1. The highest BCUT2D eigenvalue weighted by Crippen LogP contribution is 2.18. The molecular formula is C22H32IN5. The van der Waals surface area contributed by atoms with Crippen LogP contribution in [0.3, 0.4) is 0 Å². The molecule has 2 aromatic rings. The van der Waals surface area contributed by atoms with Crippen LogP contribution >= 0.6 is 24.0 Å². The van der Waals surface area contributed by atoms with Gasteiger partial charge in [0.2, 0.25) is 0 Å². The number of rotatable bonds is 5. The van der Waals surface area contributed by atoms with E-state index in [1.165, 1.54) is 11.1 Å². The van der Waals surface area contributed by atoms with Crippen molar-refractivity contribution in [3.63, 3.8) is 0 Å². The minimum atomic E-state index is 0. The summed E-state index contributed by atoms with van der Waals surface area (Å²) >= 11 is 0. The number of piperidine rings is 1. The number of halogens is 1. The van der Waals surface area contributed by atoms with Crippen molar-refractivity contribution in [1.29, 1.82) is 0 Å². The van der Waals surface area contributed by atoms with Crippen molar-refractivity contribution in [2.75, 3.05) is 31.6 Å². The SMILES string of the molecule is CN=C(NCCc1ccc(C)cc1)NC1CCN(c2cccc(C)n2)CC1.I. The molecule has 0 saturated carbocycles. The molecule has 1 aliphatic heterocycles. The fraction of sp³-hybridized carbons (Fsp3) is 0.455. The molecule has 0 bridgehead atoms. The van der Waals surface area contributed by atoms with Crippen LogP contribution in [0, 0.1) is 13.8 Å². The van der Waals surface area contributed by atoms with E-state index in [0.29, 0.717) is 6.04 Å². The fourth-order valence-corrected chi connectivity index (χ4v) is 3.43. The lowest BCUT2D eigenvalue weighted by Gasteiger charge is -2.34. The normalized spacial score (nSPS) is 15.1. The summed E-state index contributed by atoms with van der Waals surface area (Å²) in [6, 6.07) is 15.4. The van der Waals surface area contributed by atoms with E-state index in [0.717, 1.165) is 56.4 Å². The van der Waals surface area contributed by atoms with Gasteiger partial charge in [0.05, 0.1) is 0 Å². The summed E-state index contributed by atoms with van der Waals surface area (Å²) in [7, 11) is 1.84. The van der Waals surface area contributed by atoms with Crippen LogP contribution in [-0.2, 0) is 6.42 Å². The van der Waals surface area contributed by atoms with Crippen molar-refractivity contribution in [2.45, 2.75) is 39.2 Å². The molecule has 1 saturated heterocycles. The van der Waals surface area contributed by atoms with E-state index < -0.39 is 0 Å². The smallest absolute Gasteiger partial charge is 0.191 e. The molecule has 5 nitrogen and oxygen atoms in total. The zero-order valence-corrected chi connectivity index (χ0v) is 19.4. The van der Waals surface area contributed by atoms with E-state index in [1.54, 1.807) is 0 Å². The van der Waals surface area contributed by atoms with Gasteiger partial charge >= 0.3 is 0 Å². The van der Waals surface area contributed by atoms with Crippen LogP contribution in [0.1, 0.15) is 29.7 Å². The molecule has 0 unspecified atom stereocenters. The maximum absolute atomic E-state index is 4.64. The minimum Gasteiger partial charge on any atom is -0.356 e. The number of anilines is 1. The van der Waals surface area contributed by atoms with Crippen molar-refractivity contribution < 1.29 is 0 Å². The molecule has 1 aromatic carbocycles. The Bertz CT molecular complexity index is 752. The molecule has 3 rings (SSSR count). The molecule has 1 fully saturated rings. The Labute approximate surface area is 186 Å². The third kappa shape index (κ3) is 6.65. The number of hydrogen-bond donors (Lipinski definition) is 2. The molecule has 2 N–H and O–H groups in total. The molecule has 152 valence electrons. The first-order valence-corrected chi connectivity index (χ1v) is 9.85. The van der Waals surface area contributed by atoms with Crippen LogP contribution in [0.25, 0.3) is 0 Å². The Morgan fingerprint density at radius 1 is 1.11 bits per heavy atom. The van der Waals surface area contributed by atoms with Crippen molar-refractivity contribution >= 4 is 35.8 Å². The highest BCUT2D eigenvalue weighted by Gasteiger charge is 2.20. The summed E-state index contributed by atoms with van der Waals surface area (Å²) in [5, 5.41) is 7.02. The van der Waals surface area contributed by atoms with E-state index >= 15 is 0 Å². The van der Waals surface area contributed by atoms with E-state index in [4.69, 9.17) is 0 Å². The van der Waals surface area contributed by atoms with Crippen LogP contribution < -0.4 is 15.5 Å². The topological polar surface area (TPSA) is 52.6 Å². The third-order valence-corrected chi connectivity index (χ3v) is 5.08. The average Bonchev–Trinajstić information content (AvgIpc) is 2.69. The lowest BCUT2D eigenvalue weighted by atomic mass is 10.1. The van der Waals surface area contributed by atoms with Gasteiger partial charge in [-0.25, -0.2) is 4.98 Å². The molecule has 0 amide bonds. The molecule has 0 radical (unpaired) electrons. The zero-order chi connectivity index (χ0) is 19.1. The number of benzene rings is 1. The Balaban J connectivity index is 0.00000280. The number of nitrogens with one attached hydrogen (secondary N) is 2. The molecule has 28 heavy (non-hydrogen) atoms. The first kappa shape index (κ1) is 22.5. The van der Waals surface area contributed by atoms with E-state index in [9.17, 15) is 0 Å². The first-order valence-electron chi connectivity index (χ1n) is 9.85. The number of hydrogen-bond acceptors (Lipinski definition) is 3. The van der Waals surface area contributed by atoms with Gasteiger partial charge in [-0.3, -0.25) is 4.99 Å². The minimum absolute atomic E-state index is 0. The van der Waals surface area contributed by atoms with Gasteiger partial charge in [-0.15, -0.1) is 24.0 Å². The van der Waals surface area contributed by atoms with Crippen LogP contribution in [0.5, 0.6) is 0 Å². The van der Waals surface area contributed by atoms with E-state index in [1.807, 2.05) is 20.0 Å². The average molecular weight is 493 g/mol. The summed E-state index contributed by atoms with van der Waals surface area (Å²) < 4.78 is 0. The molecule has 0 atom stereocenters. The monoisotopic (exact) mass is 493 g/mol. The first-order chi connectivity index (χ1) is 13.1. The van der Waals surface area contributed by atoms with Crippen molar-refractivity contribution in [3.05, 3.63) is 59.3 Å². The van der Waals surface area contributed by atoms with Crippen LogP contribution in [0.4, 0.5) is 5.82 Å². The molecule has 0 aliphatic carbocycles. The van der Waals surface area contributed by atoms with Crippen LogP contribution in [0.2, 0.25) is 0 Å². The van der Waals surface area contributed by atoms with Gasteiger partial charge in [-0.1, -0.05) is 35.9 Å². The number of guanidine groups is 1. The number of aryl methyl sites for hydroxylation is 2. The summed E-state index contributed by atoms with van der Waals surface area (Å²) in [5.74, 6) is 1.99. The van der Waals surface area contributed by atoms with Crippen molar-refractivity contribution in [3.8, 4) is 0 Å². The summed E-state index contributed by atoms with van der Waals surface area (Å²) in [5.41, 5.74) is 3.73. The Hall–Kier alpha value is -1.83. The van der Waals surface area contributed by atoms with Gasteiger partial charge in [0.15, 0.2) is 5.96 Å². The zero-order valence-electron chi connectivity index (χ0n) is 17.1. The van der Waals surface area contributed by atoms with Gasteiger partial charge in [0, 0.05) is 38.4 Å². The molecule has 6 heteroatoms. The summed E-state index contributed by atoms with van der Waals surface area (Å²) in [6.07, 6.45) is 3.18. The quantitative estimate of drug-likeness (QED) is 0.379. The van der Waals surface area contributed by atoms with Gasteiger partial charge in [-0.2, -0.15) is 0 Å². The third-order valence-electron chi connectivity index (χ3n) is 5.08. The molecular weight excluding hydrogens is 461 g/mol. The van der Waals surface area contributed by atoms with E-state index in [2.05, 4.69) is 68.8 Å². The number of aliphatic imine (C=N–C) groups is 1. The maximum Gasteiger partial charge on any atom is 0.191 e. The fourth-order valence-electron chi connectivity index (χ4n) is 3.43. The number of pyridine rings is 1. The summed E-state index contributed by atoms with van der Waals surface area (Å²) in [6.45, 7) is 7.09. The van der Waals surface area contributed by atoms with Gasteiger partial charge < -0.3 is 15.5 Å². The Kier molecular flexibility index (Phi) is 9.02. The Morgan fingerprint density at radius 2 is 1.82 bits per heavy atom. The van der Waals surface area contributed by atoms with Gasteiger partial charge in [0.25, 0.3) is 0 Å². The van der Waals surface area contributed by atoms with Crippen LogP contribution in [-0.4, -0.2) is 43.7 Å². The summed E-state index contributed by atoms with van der Waals surface area (Å²) in [4.78, 5) is 11.4. The molecule has 1 aromatic heterocycles. The molecule has 0 spiro atoms. The number of nitrogens with zero attached hydrogens (tertiary/aromatic N) is 3. The molecule has 1 aliphatic rings. The highest BCUT2D eigenvalue weighted by atomic mass is 127. The van der Waals surface area contributed by atoms with Gasteiger partial charge in [0.1, 0.15) is 5.82 Å². The maximum atomic E-state index is 4.64. The second kappa shape index (κ2) is 11.2. The second-order valence-corrected chi connectivity index (χ2v) is 7.28. The van der Waals surface area contributed by atoms with Crippen molar-refractivity contribution in [1.82, 2.24) is 15.6 Å². The predicted molar refractivity (Wildman–Crippen MR) is 129 cm³/mol. The largest absolute Gasteiger partial charge is 0.356 e. The standard InChI is InChI=1S/C22H31N5.HI/c1-17-7-9-19(10-8-17)11-14-24-22(23-3)26-20-12-15-27(16-13-20)21-6-4-5-18(2)25-21;/h4-10,20H,11-16H2,1-3H3,(H2,23,24,26);1H. The predicted octanol–water partition coefficient (Wildman–Crippen LogP) is 3.69. The second-order valence-electron chi connectivity index (χ2n) is 7.28. The van der Waals surface area contributed by atoms with Crippen molar-refractivity contribution in [2.24, 2.45) is 4.99 Å². The lowest BCUT2D eigenvalue weighted by molar-refractivity contribution is 0.459. The van der Waals surface area contributed by atoms with E-state index in [-0.39, 0.29) is 24.0 Å².